The predicted molar refractivity (Wildman–Crippen MR) is 107 cm³/mol. The number of amides is 1. The minimum absolute atomic E-state index is 0.0746. The summed E-state index contributed by atoms with van der Waals surface area (Å²) in [5.41, 5.74) is 3.88. The lowest BCUT2D eigenvalue weighted by atomic mass is 10.2. The third-order valence-electron chi connectivity index (χ3n) is 3.60. The molecule has 0 bridgehead atoms. The van der Waals surface area contributed by atoms with Gasteiger partial charge in [-0.25, -0.2) is 0 Å². The van der Waals surface area contributed by atoms with Crippen LogP contribution < -0.4 is 5.32 Å². The van der Waals surface area contributed by atoms with Crippen LogP contribution in [0.3, 0.4) is 0 Å². The molecule has 128 valence electrons. The number of hydrogen-bond donors (Lipinski definition) is 1. The van der Waals surface area contributed by atoms with E-state index in [1.807, 2.05) is 18.7 Å². The van der Waals surface area contributed by atoms with E-state index in [-0.39, 0.29) is 11.2 Å². The third kappa shape index (κ3) is 6.62. The molecule has 24 heavy (non-hydrogen) atoms. The maximum atomic E-state index is 12.2. The Morgan fingerprint density at radius 2 is 1.83 bits per heavy atom. The van der Waals surface area contributed by atoms with Gasteiger partial charge in [0.25, 0.3) is 0 Å². The highest BCUT2D eigenvalue weighted by Gasteiger charge is 2.13. The monoisotopic (exact) mass is 359 g/mol. The summed E-state index contributed by atoms with van der Waals surface area (Å²) in [6, 6.07) is 16.9. The molecule has 0 fully saturated rings. The van der Waals surface area contributed by atoms with Gasteiger partial charge in [-0.15, -0.1) is 11.8 Å². The molecule has 2 aromatic carbocycles. The summed E-state index contributed by atoms with van der Waals surface area (Å²) >= 11 is 3.46. The number of thioether (sulfide) groups is 2. The quantitative estimate of drug-likeness (QED) is 0.540. The van der Waals surface area contributed by atoms with Crippen LogP contribution in [-0.2, 0) is 10.5 Å². The van der Waals surface area contributed by atoms with Crippen LogP contribution in [0.1, 0.15) is 23.6 Å². The highest BCUT2D eigenvalue weighted by molar-refractivity contribution is 8.00. The molecule has 0 radical (unpaired) electrons. The van der Waals surface area contributed by atoms with E-state index < -0.39 is 0 Å². The summed E-state index contributed by atoms with van der Waals surface area (Å²) in [5, 5.41) is 2.96. The second-order valence-corrected chi connectivity index (χ2v) is 8.43. The van der Waals surface area contributed by atoms with Gasteiger partial charge < -0.3 is 5.32 Å². The molecule has 0 heterocycles. The maximum Gasteiger partial charge on any atom is 0.233 e. The Morgan fingerprint density at radius 3 is 2.54 bits per heavy atom. The molecule has 1 amide bonds. The van der Waals surface area contributed by atoms with Crippen molar-refractivity contribution < 1.29 is 4.79 Å². The van der Waals surface area contributed by atoms with Crippen LogP contribution in [0.25, 0.3) is 0 Å². The van der Waals surface area contributed by atoms with Crippen molar-refractivity contribution in [1.82, 2.24) is 5.32 Å². The second-order valence-electron chi connectivity index (χ2n) is 5.91. The van der Waals surface area contributed by atoms with Gasteiger partial charge in [0.15, 0.2) is 0 Å². The summed E-state index contributed by atoms with van der Waals surface area (Å²) in [4.78, 5) is 13.3. The van der Waals surface area contributed by atoms with Gasteiger partial charge >= 0.3 is 0 Å². The third-order valence-corrected chi connectivity index (χ3v) is 5.74. The number of carbonyl (C=O) groups excluding carboxylic acids is 1. The van der Waals surface area contributed by atoms with E-state index >= 15 is 0 Å². The summed E-state index contributed by atoms with van der Waals surface area (Å²) in [6.45, 7) is 6.86. The highest BCUT2D eigenvalue weighted by atomic mass is 32.2. The fraction of sp³-hybridized carbons (Fsp3) is 0.350. The van der Waals surface area contributed by atoms with Crippen LogP contribution in [0, 0.1) is 13.8 Å². The van der Waals surface area contributed by atoms with Crippen molar-refractivity contribution >= 4 is 29.4 Å². The molecule has 0 spiro atoms. The van der Waals surface area contributed by atoms with Crippen LogP contribution in [0.2, 0.25) is 0 Å². The molecule has 2 nitrogen and oxygen atoms in total. The summed E-state index contributed by atoms with van der Waals surface area (Å²) in [7, 11) is 0. The Labute approximate surface area is 153 Å². The smallest absolute Gasteiger partial charge is 0.233 e. The van der Waals surface area contributed by atoms with Crippen molar-refractivity contribution in [2.75, 3.05) is 12.3 Å². The average Bonchev–Trinajstić information content (AvgIpc) is 2.56. The molecule has 0 saturated carbocycles. The standard InChI is InChI=1S/C20H25NOS2/c1-15-7-9-19(10-8-15)24-17(3)20(22)21-11-12-23-14-18-6-4-5-16(2)13-18/h4-10,13,17H,11-12,14H2,1-3H3,(H,21,22)/t17-/m0/s1. The SMILES string of the molecule is Cc1ccc(S[C@@H](C)C(=O)NCCSCc2cccc(C)c2)cc1. The van der Waals surface area contributed by atoms with E-state index in [0.717, 1.165) is 16.4 Å². The fourth-order valence-corrected chi connectivity index (χ4v) is 3.95. The zero-order chi connectivity index (χ0) is 17.4. The van der Waals surface area contributed by atoms with Gasteiger partial charge in [-0.1, -0.05) is 47.5 Å². The summed E-state index contributed by atoms with van der Waals surface area (Å²) in [5.74, 6) is 2.03. The highest BCUT2D eigenvalue weighted by Crippen LogP contribution is 2.23. The maximum absolute atomic E-state index is 12.2. The van der Waals surface area contributed by atoms with Crippen molar-refractivity contribution in [3.8, 4) is 0 Å². The number of aryl methyl sites for hydroxylation is 2. The molecular formula is C20H25NOS2. The Balaban J connectivity index is 1.64. The first-order valence-corrected chi connectivity index (χ1v) is 10.2. The van der Waals surface area contributed by atoms with Crippen molar-refractivity contribution in [3.05, 3.63) is 65.2 Å². The lowest BCUT2D eigenvalue weighted by Crippen LogP contribution is -2.32. The van der Waals surface area contributed by atoms with E-state index in [1.165, 1.54) is 16.7 Å². The van der Waals surface area contributed by atoms with Gasteiger partial charge in [-0.05, 0) is 38.5 Å². The van der Waals surface area contributed by atoms with Crippen molar-refractivity contribution in [2.45, 2.75) is 36.7 Å². The average molecular weight is 360 g/mol. The van der Waals surface area contributed by atoms with Gasteiger partial charge in [0.2, 0.25) is 5.91 Å². The van der Waals surface area contributed by atoms with E-state index in [0.29, 0.717) is 6.54 Å². The van der Waals surface area contributed by atoms with Crippen molar-refractivity contribution in [1.29, 1.82) is 0 Å². The molecule has 0 unspecified atom stereocenters. The Bertz CT molecular complexity index is 655. The first-order chi connectivity index (χ1) is 11.5. The number of nitrogens with one attached hydrogen (secondary N) is 1. The molecule has 2 rings (SSSR count). The summed E-state index contributed by atoms with van der Waals surface area (Å²) in [6.07, 6.45) is 0. The molecular weight excluding hydrogens is 334 g/mol. The van der Waals surface area contributed by atoms with Crippen molar-refractivity contribution in [3.63, 3.8) is 0 Å². The van der Waals surface area contributed by atoms with Gasteiger partial charge in [0.1, 0.15) is 0 Å². The van der Waals surface area contributed by atoms with Gasteiger partial charge in [0, 0.05) is 22.9 Å². The van der Waals surface area contributed by atoms with Crippen LogP contribution in [-0.4, -0.2) is 23.5 Å². The lowest BCUT2D eigenvalue weighted by molar-refractivity contribution is -0.120. The molecule has 1 N–H and O–H groups in total. The molecule has 1 atom stereocenters. The molecule has 2 aromatic rings. The fourth-order valence-electron chi connectivity index (χ4n) is 2.26. The topological polar surface area (TPSA) is 29.1 Å². The zero-order valence-electron chi connectivity index (χ0n) is 14.5. The molecule has 0 aliphatic rings. The molecule has 0 aliphatic heterocycles. The van der Waals surface area contributed by atoms with Crippen LogP contribution >= 0.6 is 23.5 Å². The molecule has 0 saturated heterocycles. The molecule has 0 aromatic heterocycles. The molecule has 0 aliphatic carbocycles. The largest absolute Gasteiger partial charge is 0.354 e. The van der Waals surface area contributed by atoms with Crippen molar-refractivity contribution in [2.24, 2.45) is 0 Å². The normalized spacial score (nSPS) is 12.0. The zero-order valence-corrected chi connectivity index (χ0v) is 16.2. The van der Waals surface area contributed by atoms with E-state index in [2.05, 4.69) is 67.7 Å². The van der Waals surface area contributed by atoms with E-state index in [4.69, 9.17) is 0 Å². The Kier molecular flexibility index (Phi) is 7.73. The molecule has 4 heteroatoms. The number of benzene rings is 2. The van der Waals surface area contributed by atoms with E-state index in [1.54, 1.807) is 11.8 Å². The predicted octanol–water partition coefficient (Wildman–Crippen LogP) is 4.83. The Morgan fingerprint density at radius 1 is 1.08 bits per heavy atom. The first-order valence-electron chi connectivity index (χ1n) is 8.19. The number of carbonyl (C=O) groups is 1. The minimum Gasteiger partial charge on any atom is -0.354 e. The van der Waals surface area contributed by atoms with Gasteiger partial charge in [0.05, 0.1) is 5.25 Å². The minimum atomic E-state index is -0.0746. The Hall–Kier alpha value is -1.39. The number of rotatable bonds is 8. The van der Waals surface area contributed by atoms with Gasteiger partial charge in [-0.2, -0.15) is 11.8 Å². The second kappa shape index (κ2) is 9.80. The number of hydrogen-bond acceptors (Lipinski definition) is 3. The summed E-state index contributed by atoms with van der Waals surface area (Å²) < 4.78 is 0. The van der Waals surface area contributed by atoms with E-state index in [9.17, 15) is 4.79 Å². The van der Waals surface area contributed by atoms with Crippen LogP contribution in [0.15, 0.2) is 53.4 Å². The van der Waals surface area contributed by atoms with Gasteiger partial charge in [-0.3, -0.25) is 4.79 Å². The van der Waals surface area contributed by atoms with Crippen LogP contribution in [0.4, 0.5) is 0 Å². The van der Waals surface area contributed by atoms with Crippen LogP contribution in [0.5, 0.6) is 0 Å². The lowest BCUT2D eigenvalue weighted by Gasteiger charge is -2.12. The first kappa shape index (κ1) is 18.9.